The van der Waals surface area contributed by atoms with Crippen LogP contribution >= 0.6 is 0 Å². The summed E-state index contributed by atoms with van der Waals surface area (Å²) in [5.41, 5.74) is 1.38. The number of pyridine rings is 1. The Bertz CT molecular complexity index is 1100. The maximum absolute atomic E-state index is 12.9. The van der Waals surface area contributed by atoms with E-state index in [0.29, 0.717) is 36.9 Å². The van der Waals surface area contributed by atoms with E-state index < -0.39 is 16.1 Å². The highest BCUT2D eigenvalue weighted by molar-refractivity contribution is 7.89. The van der Waals surface area contributed by atoms with E-state index in [0.717, 1.165) is 17.5 Å². The molecule has 0 amide bonds. The molecule has 4 rings (SSSR count). The average molecular weight is 391 g/mol. The van der Waals surface area contributed by atoms with E-state index >= 15 is 0 Å². The summed E-state index contributed by atoms with van der Waals surface area (Å²) in [6.45, 7) is 2.84. The van der Waals surface area contributed by atoms with Crippen molar-refractivity contribution in [3.8, 4) is 0 Å². The van der Waals surface area contributed by atoms with Crippen LogP contribution in [0.5, 0.6) is 0 Å². The van der Waals surface area contributed by atoms with Gasteiger partial charge in [-0.1, -0.05) is 0 Å². The summed E-state index contributed by atoms with van der Waals surface area (Å²) in [7, 11) is -0.414. The minimum absolute atomic E-state index is 0.111. The summed E-state index contributed by atoms with van der Waals surface area (Å²) >= 11 is 0. The van der Waals surface area contributed by atoms with Gasteiger partial charge in [0.15, 0.2) is 11.5 Å². The van der Waals surface area contributed by atoms with Gasteiger partial charge in [0.05, 0.1) is 11.7 Å². The van der Waals surface area contributed by atoms with Crippen molar-refractivity contribution in [3.05, 3.63) is 29.6 Å². The molecule has 0 bridgehead atoms. The van der Waals surface area contributed by atoms with Crippen molar-refractivity contribution < 1.29 is 13.2 Å². The molecule has 0 saturated heterocycles. The quantitative estimate of drug-likeness (QED) is 0.684. The van der Waals surface area contributed by atoms with Crippen molar-refractivity contribution in [2.75, 3.05) is 7.11 Å². The predicted octanol–water partition coefficient (Wildman–Crippen LogP) is 0.828. The molecule has 10 nitrogen and oxygen atoms in total. The molecule has 0 aromatic carbocycles. The summed E-state index contributed by atoms with van der Waals surface area (Å²) in [4.78, 5) is 8.81. The van der Waals surface area contributed by atoms with Crippen LogP contribution in [0.3, 0.4) is 0 Å². The molecule has 4 heterocycles. The lowest BCUT2D eigenvalue weighted by Gasteiger charge is -2.22. The highest BCUT2D eigenvalue weighted by Gasteiger charge is 2.29. The minimum atomic E-state index is -3.77. The van der Waals surface area contributed by atoms with Crippen LogP contribution in [0.4, 0.5) is 0 Å². The number of hydrogen-bond acceptors (Lipinski definition) is 7. The van der Waals surface area contributed by atoms with Crippen molar-refractivity contribution in [3.63, 3.8) is 0 Å². The van der Waals surface area contributed by atoms with Gasteiger partial charge in [0.1, 0.15) is 17.3 Å². The molecular weight excluding hydrogens is 370 g/mol. The number of aromatic nitrogens is 6. The third-order valence-corrected chi connectivity index (χ3v) is 6.08. The van der Waals surface area contributed by atoms with Crippen LogP contribution in [-0.2, 0) is 35.0 Å². The fourth-order valence-corrected chi connectivity index (χ4v) is 4.59. The Labute approximate surface area is 156 Å². The molecule has 0 radical (unpaired) electrons. The molecule has 27 heavy (non-hydrogen) atoms. The maximum Gasteiger partial charge on any atom is 0.242 e. The smallest absolute Gasteiger partial charge is 0.242 e. The molecule has 1 unspecified atom stereocenters. The van der Waals surface area contributed by atoms with E-state index in [2.05, 4.69) is 24.9 Å². The number of nitrogens with zero attached hydrogens (tertiary/aromatic N) is 6. The molecule has 0 spiro atoms. The number of methoxy groups -OCH3 is 1. The fraction of sp³-hybridized carbons (Fsp3) is 0.500. The van der Waals surface area contributed by atoms with Crippen molar-refractivity contribution >= 4 is 21.1 Å². The number of ether oxygens (including phenoxy) is 1. The number of sulfonamides is 1. The Morgan fingerprint density at radius 2 is 2.19 bits per heavy atom. The van der Waals surface area contributed by atoms with E-state index in [1.54, 1.807) is 29.6 Å². The van der Waals surface area contributed by atoms with Gasteiger partial charge >= 0.3 is 0 Å². The molecule has 1 atom stereocenters. The van der Waals surface area contributed by atoms with Crippen LogP contribution in [0, 0.1) is 6.92 Å². The standard InChI is InChI=1S/C16H21N7O3S/c1-10-12-7-11(8-17-15(12)22(2)19-10)27(24,25)21-13-5-4-6-23-16(13)18-14(20-23)9-26-3/h7-8,13,21H,4-6,9H2,1-3H3. The molecule has 11 heteroatoms. The van der Waals surface area contributed by atoms with Gasteiger partial charge in [0.25, 0.3) is 0 Å². The second-order valence-electron chi connectivity index (χ2n) is 6.61. The third kappa shape index (κ3) is 3.22. The van der Waals surface area contributed by atoms with Crippen LogP contribution in [0.1, 0.15) is 36.2 Å². The second-order valence-corrected chi connectivity index (χ2v) is 8.32. The monoisotopic (exact) mass is 391 g/mol. The molecule has 0 fully saturated rings. The zero-order valence-corrected chi connectivity index (χ0v) is 16.2. The highest BCUT2D eigenvalue weighted by Crippen LogP contribution is 2.26. The number of nitrogens with one attached hydrogen (secondary N) is 1. The summed E-state index contributed by atoms with van der Waals surface area (Å²) in [6.07, 6.45) is 2.83. The molecule has 3 aromatic heterocycles. The summed E-state index contributed by atoms with van der Waals surface area (Å²) in [5, 5.41) is 9.37. The summed E-state index contributed by atoms with van der Waals surface area (Å²) in [6, 6.07) is 1.17. The van der Waals surface area contributed by atoms with E-state index in [4.69, 9.17) is 4.74 Å². The van der Waals surface area contributed by atoms with Crippen LogP contribution in [-0.4, -0.2) is 45.1 Å². The third-order valence-electron chi connectivity index (χ3n) is 4.64. The number of fused-ring (bicyclic) bond motifs is 2. The lowest BCUT2D eigenvalue weighted by molar-refractivity contribution is 0.177. The summed E-state index contributed by atoms with van der Waals surface area (Å²) in [5.74, 6) is 1.16. The first kappa shape index (κ1) is 18.0. The molecule has 1 N–H and O–H groups in total. The number of rotatable bonds is 5. The van der Waals surface area contributed by atoms with Gasteiger partial charge < -0.3 is 4.74 Å². The average Bonchev–Trinajstić information content (AvgIpc) is 3.16. The van der Waals surface area contributed by atoms with Crippen LogP contribution < -0.4 is 4.72 Å². The second kappa shape index (κ2) is 6.66. The molecule has 1 aliphatic heterocycles. The van der Waals surface area contributed by atoms with Gasteiger partial charge in [-0.15, -0.1) is 0 Å². The first-order chi connectivity index (χ1) is 12.9. The Kier molecular flexibility index (Phi) is 4.44. The van der Waals surface area contributed by atoms with Crippen LogP contribution in [0.15, 0.2) is 17.2 Å². The zero-order chi connectivity index (χ0) is 19.2. The van der Waals surface area contributed by atoms with Crippen LogP contribution in [0.2, 0.25) is 0 Å². The molecule has 144 valence electrons. The van der Waals surface area contributed by atoms with Crippen molar-refractivity contribution in [1.29, 1.82) is 0 Å². The molecule has 0 saturated carbocycles. The molecule has 0 aliphatic carbocycles. The fourth-order valence-electron chi connectivity index (χ4n) is 3.39. The molecular formula is C16H21N7O3S. The topological polar surface area (TPSA) is 117 Å². The van der Waals surface area contributed by atoms with Gasteiger partial charge in [-0.25, -0.2) is 27.8 Å². The van der Waals surface area contributed by atoms with E-state index in [9.17, 15) is 8.42 Å². The van der Waals surface area contributed by atoms with Gasteiger partial charge in [0.2, 0.25) is 10.0 Å². The Balaban J connectivity index is 1.65. The lowest BCUT2D eigenvalue weighted by atomic mass is 10.1. The number of hydrogen-bond donors (Lipinski definition) is 1. The zero-order valence-electron chi connectivity index (χ0n) is 15.4. The Morgan fingerprint density at radius 3 is 2.96 bits per heavy atom. The largest absolute Gasteiger partial charge is 0.377 e. The SMILES string of the molecule is COCc1nc2n(n1)CCCC2NS(=O)(=O)c1cnc2c(c1)c(C)nn2C. The van der Waals surface area contributed by atoms with E-state index in [1.807, 2.05) is 6.92 Å². The lowest BCUT2D eigenvalue weighted by Crippen LogP contribution is -2.33. The first-order valence-electron chi connectivity index (χ1n) is 8.63. The molecule has 3 aromatic rings. The van der Waals surface area contributed by atoms with Crippen molar-refractivity contribution in [1.82, 2.24) is 34.3 Å². The Hall–Kier alpha value is -2.37. The van der Waals surface area contributed by atoms with E-state index in [1.165, 1.54) is 6.20 Å². The highest BCUT2D eigenvalue weighted by atomic mass is 32.2. The maximum atomic E-state index is 12.9. The summed E-state index contributed by atoms with van der Waals surface area (Å²) < 4.78 is 37.1. The van der Waals surface area contributed by atoms with E-state index in [-0.39, 0.29) is 4.90 Å². The van der Waals surface area contributed by atoms with Crippen LogP contribution in [0.25, 0.3) is 11.0 Å². The van der Waals surface area contributed by atoms with Gasteiger partial charge in [-0.3, -0.25) is 4.68 Å². The predicted molar refractivity (Wildman–Crippen MR) is 96.3 cm³/mol. The normalized spacial score (nSPS) is 17.4. The van der Waals surface area contributed by atoms with Gasteiger partial charge in [-0.2, -0.15) is 10.2 Å². The van der Waals surface area contributed by atoms with Gasteiger partial charge in [0, 0.05) is 32.3 Å². The minimum Gasteiger partial charge on any atom is -0.377 e. The Morgan fingerprint density at radius 1 is 1.37 bits per heavy atom. The van der Waals surface area contributed by atoms with Crippen molar-refractivity contribution in [2.45, 2.75) is 43.9 Å². The first-order valence-corrected chi connectivity index (χ1v) is 10.1. The molecule has 1 aliphatic rings. The number of aryl methyl sites for hydroxylation is 3. The van der Waals surface area contributed by atoms with Gasteiger partial charge in [-0.05, 0) is 25.8 Å². The van der Waals surface area contributed by atoms with Crippen molar-refractivity contribution in [2.24, 2.45) is 7.05 Å².